The summed E-state index contributed by atoms with van der Waals surface area (Å²) >= 11 is 0. The van der Waals surface area contributed by atoms with Gasteiger partial charge in [-0.25, -0.2) is 0 Å². The van der Waals surface area contributed by atoms with E-state index < -0.39 is 0 Å². The lowest BCUT2D eigenvalue weighted by Crippen LogP contribution is -2.61. The minimum absolute atomic E-state index is 0.124. The highest BCUT2D eigenvalue weighted by Gasteiger charge is 2.39. The number of hydrogen-bond acceptors (Lipinski definition) is 6. The van der Waals surface area contributed by atoms with Gasteiger partial charge in [0, 0.05) is 18.1 Å². The van der Waals surface area contributed by atoms with Crippen molar-refractivity contribution in [1.29, 1.82) is 0 Å². The Kier molecular flexibility index (Phi) is 4.29. The monoisotopic (exact) mass is 340 g/mol. The first-order chi connectivity index (χ1) is 12.3. The van der Waals surface area contributed by atoms with E-state index in [1.54, 1.807) is 13.4 Å². The van der Waals surface area contributed by atoms with E-state index in [4.69, 9.17) is 18.4 Å². The van der Waals surface area contributed by atoms with Gasteiger partial charge in [-0.05, 0) is 36.4 Å². The van der Waals surface area contributed by atoms with E-state index in [2.05, 4.69) is 10.5 Å². The molecule has 6 heteroatoms. The van der Waals surface area contributed by atoms with Crippen LogP contribution in [0.25, 0.3) is 11.3 Å². The lowest BCUT2D eigenvalue weighted by atomic mass is 9.91. The number of aromatic nitrogens is 1. The van der Waals surface area contributed by atoms with Gasteiger partial charge in [0.15, 0.2) is 5.76 Å². The highest BCUT2D eigenvalue weighted by atomic mass is 16.5. The zero-order valence-corrected chi connectivity index (χ0v) is 14.0. The summed E-state index contributed by atoms with van der Waals surface area (Å²) in [6.45, 7) is 1.97. The SMILES string of the molecule is COc1ccc(-c2cc(CC3(NCc4ccco4)COC3)no2)cc1. The molecule has 0 bridgehead atoms. The third kappa shape index (κ3) is 3.45. The molecule has 130 valence electrons. The summed E-state index contributed by atoms with van der Waals surface area (Å²) in [6.07, 6.45) is 2.42. The first-order valence-electron chi connectivity index (χ1n) is 8.22. The van der Waals surface area contributed by atoms with Crippen LogP contribution in [0.1, 0.15) is 11.5 Å². The standard InChI is InChI=1S/C19H20N2O4/c1-22-16-6-4-14(5-7-16)18-9-15(21-25-18)10-19(12-23-13-19)20-11-17-3-2-8-24-17/h2-9,20H,10-13H2,1H3. The van der Waals surface area contributed by atoms with E-state index in [0.29, 0.717) is 19.8 Å². The molecule has 2 aromatic heterocycles. The molecule has 0 unspecified atom stereocenters. The van der Waals surface area contributed by atoms with Crippen molar-refractivity contribution in [2.24, 2.45) is 0 Å². The minimum atomic E-state index is -0.124. The number of hydrogen-bond donors (Lipinski definition) is 1. The second-order valence-corrected chi connectivity index (χ2v) is 6.29. The van der Waals surface area contributed by atoms with E-state index in [1.165, 1.54) is 0 Å². The van der Waals surface area contributed by atoms with Crippen molar-refractivity contribution in [2.75, 3.05) is 20.3 Å². The van der Waals surface area contributed by atoms with Crippen LogP contribution in [0.15, 0.2) is 57.7 Å². The van der Waals surface area contributed by atoms with Gasteiger partial charge in [0.05, 0.1) is 44.4 Å². The van der Waals surface area contributed by atoms with Crippen molar-refractivity contribution in [3.8, 4) is 17.1 Å². The Morgan fingerprint density at radius 1 is 1.20 bits per heavy atom. The lowest BCUT2D eigenvalue weighted by molar-refractivity contribution is -0.0761. The first kappa shape index (κ1) is 15.9. The summed E-state index contributed by atoms with van der Waals surface area (Å²) in [5.41, 5.74) is 1.75. The molecule has 0 radical (unpaired) electrons. The zero-order valence-electron chi connectivity index (χ0n) is 14.0. The molecule has 1 saturated heterocycles. The summed E-state index contributed by atoms with van der Waals surface area (Å²) < 4.78 is 21.5. The van der Waals surface area contributed by atoms with Gasteiger partial charge in [0.25, 0.3) is 0 Å². The van der Waals surface area contributed by atoms with E-state index in [-0.39, 0.29) is 5.54 Å². The third-order valence-electron chi connectivity index (χ3n) is 4.43. The fraction of sp³-hybridized carbons (Fsp3) is 0.316. The van der Waals surface area contributed by atoms with Crippen molar-refractivity contribution in [1.82, 2.24) is 10.5 Å². The fourth-order valence-electron chi connectivity index (χ4n) is 2.94. The number of rotatable bonds is 7. The largest absolute Gasteiger partial charge is 0.497 e. The maximum absolute atomic E-state index is 5.51. The van der Waals surface area contributed by atoms with Crippen LogP contribution in [0, 0.1) is 0 Å². The van der Waals surface area contributed by atoms with Gasteiger partial charge in [-0.1, -0.05) is 5.16 Å². The van der Waals surface area contributed by atoms with Gasteiger partial charge < -0.3 is 18.4 Å². The Balaban J connectivity index is 1.43. The predicted octanol–water partition coefficient (Wildman–Crippen LogP) is 3.04. The van der Waals surface area contributed by atoms with Gasteiger partial charge in [0.1, 0.15) is 11.5 Å². The summed E-state index contributed by atoms with van der Waals surface area (Å²) in [5, 5.41) is 7.75. The van der Waals surface area contributed by atoms with Gasteiger partial charge in [0.2, 0.25) is 0 Å². The third-order valence-corrected chi connectivity index (χ3v) is 4.43. The van der Waals surface area contributed by atoms with Crippen LogP contribution in [0.4, 0.5) is 0 Å². The molecule has 0 atom stereocenters. The van der Waals surface area contributed by atoms with Crippen LogP contribution in [-0.2, 0) is 17.7 Å². The van der Waals surface area contributed by atoms with Gasteiger partial charge in [-0.2, -0.15) is 0 Å². The quantitative estimate of drug-likeness (QED) is 0.713. The van der Waals surface area contributed by atoms with E-state index in [9.17, 15) is 0 Å². The first-order valence-corrected chi connectivity index (χ1v) is 8.22. The van der Waals surface area contributed by atoms with Crippen LogP contribution in [0.2, 0.25) is 0 Å². The van der Waals surface area contributed by atoms with Crippen molar-refractivity contribution in [2.45, 2.75) is 18.5 Å². The second kappa shape index (κ2) is 6.74. The fourth-order valence-corrected chi connectivity index (χ4v) is 2.94. The lowest BCUT2D eigenvalue weighted by Gasteiger charge is -2.41. The Labute approximate surface area is 145 Å². The van der Waals surface area contributed by atoms with Gasteiger partial charge in [-0.3, -0.25) is 5.32 Å². The highest BCUT2D eigenvalue weighted by Crippen LogP contribution is 2.27. The van der Waals surface area contributed by atoms with Crippen LogP contribution in [-0.4, -0.2) is 31.0 Å². The van der Waals surface area contributed by atoms with Crippen molar-refractivity contribution in [3.05, 3.63) is 60.2 Å². The molecule has 3 heterocycles. The summed E-state index contributed by atoms with van der Waals surface area (Å²) in [6, 6.07) is 13.6. The molecule has 1 aromatic carbocycles. The number of ether oxygens (including phenoxy) is 2. The maximum Gasteiger partial charge on any atom is 0.167 e. The van der Waals surface area contributed by atoms with Gasteiger partial charge >= 0.3 is 0 Å². The summed E-state index contributed by atoms with van der Waals surface area (Å²) in [5.74, 6) is 2.47. The van der Waals surface area contributed by atoms with Crippen LogP contribution in [0.5, 0.6) is 5.75 Å². The molecule has 0 saturated carbocycles. The number of methoxy groups -OCH3 is 1. The Hall–Kier alpha value is -2.57. The second-order valence-electron chi connectivity index (χ2n) is 6.29. The number of benzene rings is 1. The van der Waals surface area contributed by atoms with Crippen molar-refractivity contribution >= 4 is 0 Å². The van der Waals surface area contributed by atoms with E-state index >= 15 is 0 Å². The summed E-state index contributed by atoms with van der Waals surface area (Å²) in [7, 11) is 1.65. The van der Waals surface area contributed by atoms with E-state index in [1.807, 2.05) is 42.5 Å². The molecule has 1 N–H and O–H groups in total. The Morgan fingerprint density at radius 2 is 2.04 bits per heavy atom. The van der Waals surface area contributed by atoms with E-state index in [0.717, 1.165) is 34.9 Å². The number of furan rings is 1. The average molecular weight is 340 g/mol. The summed E-state index contributed by atoms with van der Waals surface area (Å²) in [4.78, 5) is 0. The van der Waals surface area contributed by atoms with Crippen molar-refractivity contribution < 1.29 is 18.4 Å². The highest BCUT2D eigenvalue weighted by molar-refractivity contribution is 5.58. The molecular weight excluding hydrogens is 320 g/mol. The molecule has 0 aliphatic carbocycles. The zero-order chi connectivity index (χ0) is 17.1. The Morgan fingerprint density at radius 3 is 2.68 bits per heavy atom. The molecule has 6 nitrogen and oxygen atoms in total. The molecule has 0 amide bonds. The number of nitrogens with zero attached hydrogens (tertiary/aromatic N) is 1. The number of nitrogens with one attached hydrogen (secondary N) is 1. The molecule has 1 fully saturated rings. The molecule has 4 rings (SSSR count). The molecule has 0 spiro atoms. The molecule has 1 aliphatic rings. The maximum atomic E-state index is 5.51. The Bertz CT molecular complexity index is 804. The smallest absolute Gasteiger partial charge is 0.167 e. The normalized spacial score (nSPS) is 15.7. The molecule has 25 heavy (non-hydrogen) atoms. The van der Waals surface area contributed by atoms with Crippen molar-refractivity contribution in [3.63, 3.8) is 0 Å². The molecule has 3 aromatic rings. The van der Waals surface area contributed by atoms with Gasteiger partial charge in [-0.15, -0.1) is 0 Å². The van der Waals surface area contributed by atoms with Crippen LogP contribution < -0.4 is 10.1 Å². The average Bonchev–Trinajstić information content (AvgIpc) is 3.29. The topological polar surface area (TPSA) is 69.7 Å². The van der Waals surface area contributed by atoms with Crippen LogP contribution >= 0.6 is 0 Å². The molecule has 1 aliphatic heterocycles. The van der Waals surface area contributed by atoms with Crippen LogP contribution in [0.3, 0.4) is 0 Å². The minimum Gasteiger partial charge on any atom is -0.497 e. The predicted molar refractivity (Wildman–Crippen MR) is 91.3 cm³/mol. The molecular formula is C19H20N2O4.